The second-order valence-corrected chi connectivity index (χ2v) is 14.4. The van der Waals surface area contributed by atoms with Gasteiger partial charge >= 0.3 is 6.09 Å². The van der Waals surface area contributed by atoms with E-state index < -0.39 is 6.09 Å². The van der Waals surface area contributed by atoms with E-state index in [1.807, 2.05) is 36.4 Å². The van der Waals surface area contributed by atoms with Crippen molar-refractivity contribution in [2.45, 2.75) is 58.3 Å². The number of nitrogens with one attached hydrogen (secondary N) is 2. The molecule has 6 rings (SSSR count). The molecule has 5 aromatic rings. The highest BCUT2D eigenvalue weighted by atomic mass is 35.5. The number of nitrogens with zero attached hydrogens (tertiary/aromatic N) is 5. The smallest absolute Gasteiger partial charge is 0.407 e. The monoisotopic (exact) mass is 731 g/mol. The first-order valence-corrected chi connectivity index (χ1v) is 17.2. The number of hydrogen-bond donors (Lipinski definition) is 3. The molecule has 1 saturated heterocycles. The fourth-order valence-electron chi connectivity index (χ4n) is 6.13. The predicted octanol–water partition coefficient (Wildman–Crippen LogP) is 6.39. The van der Waals surface area contributed by atoms with Crippen molar-refractivity contribution in [2.75, 3.05) is 13.7 Å². The van der Waals surface area contributed by atoms with Gasteiger partial charge in [-0.15, -0.1) is 0 Å². The number of carbonyl (C=O) groups is 2. The number of fused-ring (bicyclic) bond motifs is 1. The van der Waals surface area contributed by atoms with Crippen LogP contribution in [0.25, 0.3) is 39.0 Å². The minimum absolute atomic E-state index is 0.0279. The Bertz CT molecular complexity index is 2210. The topological polar surface area (TPSA) is 143 Å². The van der Waals surface area contributed by atoms with E-state index in [-0.39, 0.29) is 42.0 Å². The van der Waals surface area contributed by atoms with E-state index in [9.17, 15) is 19.5 Å². The number of ether oxygens (including phenoxy) is 1. The molecular formula is C37H39Cl2N7O5. The minimum atomic E-state index is -1.11. The number of halogens is 2. The molecule has 0 aliphatic carbocycles. The molecule has 1 fully saturated rings. The van der Waals surface area contributed by atoms with Crippen LogP contribution in [-0.4, -0.2) is 66.4 Å². The molecule has 0 radical (unpaired) electrons. The van der Waals surface area contributed by atoms with Gasteiger partial charge in [0.05, 0.1) is 35.9 Å². The zero-order valence-electron chi connectivity index (χ0n) is 29.0. The summed E-state index contributed by atoms with van der Waals surface area (Å²) in [6, 6.07) is 16.3. The Morgan fingerprint density at radius 3 is 2.35 bits per heavy atom. The number of benzene rings is 2. The van der Waals surface area contributed by atoms with Gasteiger partial charge in [-0.2, -0.15) is 5.10 Å². The molecule has 0 spiro atoms. The number of carboxylic acid groups (broad SMARTS) is 1. The van der Waals surface area contributed by atoms with Crippen LogP contribution in [0.2, 0.25) is 10.0 Å². The van der Waals surface area contributed by atoms with Crippen molar-refractivity contribution in [3.05, 3.63) is 92.6 Å². The Kier molecular flexibility index (Phi) is 10.1. The van der Waals surface area contributed by atoms with Crippen LogP contribution in [0.4, 0.5) is 4.79 Å². The van der Waals surface area contributed by atoms with Crippen molar-refractivity contribution < 1.29 is 19.4 Å². The molecule has 2 aromatic carbocycles. The lowest BCUT2D eigenvalue weighted by Gasteiger charge is -2.23. The summed E-state index contributed by atoms with van der Waals surface area (Å²) in [6.45, 7) is 6.77. The van der Waals surface area contributed by atoms with Crippen LogP contribution in [0, 0.1) is 0 Å². The second-order valence-electron chi connectivity index (χ2n) is 13.6. The maximum Gasteiger partial charge on any atom is 0.407 e. The quantitative estimate of drug-likeness (QED) is 0.150. The Hall–Kier alpha value is -4.91. The van der Waals surface area contributed by atoms with Gasteiger partial charge in [-0.05, 0) is 45.4 Å². The molecule has 1 aliphatic heterocycles. The van der Waals surface area contributed by atoms with Gasteiger partial charge in [-0.25, -0.2) is 14.3 Å². The van der Waals surface area contributed by atoms with Crippen molar-refractivity contribution in [2.24, 2.45) is 7.05 Å². The predicted molar refractivity (Wildman–Crippen MR) is 197 cm³/mol. The molecule has 12 nitrogen and oxygen atoms in total. The van der Waals surface area contributed by atoms with Crippen molar-refractivity contribution in [3.8, 4) is 39.4 Å². The summed E-state index contributed by atoms with van der Waals surface area (Å²) in [5.41, 5.74) is 4.63. The maximum absolute atomic E-state index is 13.3. The van der Waals surface area contributed by atoms with Gasteiger partial charge in [-0.1, -0.05) is 59.6 Å². The summed E-state index contributed by atoms with van der Waals surface area (Å²) >= 11 is 14.2. The van der Waals surface area contributed by atoms with E-state index in [1.54, 1.807) is 40.5 Å². The van der Waals surface area contributed by atoms with E-state index in [0.29, 0.717) is 74.3 Å². The molecule has 0 bridgehead atoms. The number of hydrogen-bond acceptors (Lipinski definition) is 7. The molecular weight excluding hydrogens is 693 g/mol. The van der Waals surface area contributed by atoms with E-state index in [1.165, 1.54) is 12.0 Å². The second kappa shape index (κ2) is 14.4. The van der Waals surface area contributed by atoms with Gasteiger partial charge in [0.1, 0.15) is 11.3 Å². The molecule has 4 heterocycles. The normalized spacial score (nSPS) is 14.6. The van der Waals surface area contributed by atoms with Gasteiger partial charge in [0, 0.05) is 71.2 Å². The van der Waals surface area contributed by atoms with Crippen molar-refractivity contribution in [3.63, 3.8) is 0 Å². The summed E-state index contributed by atoms with van der Waals surface area (Å²) in [5, 5.41) is 21.6. The summed E-state index contributed by atoms with van der Waals surface area (Å²) in [4.78, 5) is 43.0. The molecule has 51 heavy (non-hydrogen) atoms. The third-order valence-electron chi connectivity index (χ3n) is 8.88. The summed E-state index contributed by atoms with van der Waals surface area (Å²) < 4.78 is 8.74. The minimum Gasteiger partial charge on any atom is -0.481 e. The van der Waals surface area contributed by atoms with Gasteiger partial charge in [0.15, 0.2) is 0 Å². The van der Waals surface area contributed by atoms with Crippen LogP contribution >= 0.6 is 23.2 Å². The molecule has 1 atom stereocenters. The standard InChI is InChI=1S/C37H39Cl2N7O5/c1-37(2,3)40-17-30-43-46-19-22(16-29(46)35(48)44(30)4)24-8-6-9-25(32(24)38)26-10-7-11-27(33(26)39)28-14-12-21(34(42-28)51-5)18-45(36(49)50)20-23-13-15-31(47)41-23/h6-12,14,16,19,23,40H,13,15,17-18,20H2,1-5H3,(H,41,47)(H,49,50)/t23-/m0/s1. The highest BCUT2D eigenvalue weighted by molar-refractivity contribution is 6.39. The molecule has 2 amide bonds. The summed E-state index contributed by atoms with van der Waals surface area (Å²) in [6.07, 6.45) is 1.65. The van der Waals surface area contributed by atoms with E-state index in [4.69, 9.17) is 38.0 Å². The first-order valence-electron chi connectivity index (χ1n) is 16.5. The van der Waals surface area contributed by atoms with Crippen LogP contribution in [0.15, 0.2) is 65.6 Å². The average molecular weight is 733 g/mol. The Morgan fingerprint density at radius 2 is 1.73 bits per heavy atom. The van der Waals surface area contributed by atoms with E-state index >= 15 is 0 Å². The highest BCUT2D eigenvalue weighted by Crippen LogP contribution is 2.42. The summed E-state index contributed by atoms with van der Waals surface area (Å²) in [7, 11) is 3.19. The third kappa shape index (κ3) is 7.58. The Balaban J connectivity index is 1.31. The number of methoxy groups -OCH3 is 1. The van der Waals surface area contributed by atoms with Crippen LogP contribution in [0.3, 0.4) is 0 Å². The molecule has 1 aliphatic rings. The van der Waals surface area contributed by atoms with Crippen molar-refractivity contribution in [1.29, 1.82) is 0 Å². The van der Waals surface area contributed by atoms with Gasteiger partial charge in [-0.3, -0.25) is 14.2 Å². The van der Waals surface area contributed by atoms with Crippen molar-refractivity contribution in [1.82, 2.24) is 34.7 Å². The van der Waals surface area contributed by atoms with E-state index in [0.717, 1.165) is 5.56 Å². The zero-order chi connectivity index (χ0) is 36.6. The van der Waals surface area contributed by atoms with Gasteiger partial charge in [0.2, 0.25) is 11.8 Å². The third-order valence-corrected chi connectivity index (χ3v) is 9.69. The highest BCUT2D eigenvalue weighted by Gasteiger charge is 2.26. The first kappa shape index (κ1) is 35.9. The molecule has 14 heteroatoms. The molecule has 266 valence electrons. The Morgan fingerprint density at radius 1 is 1.06 bits per heavy atom. The lowest BCUT2D eigenvalue weighted by atomic mass is 9.97. The molecule has 3 N–H and O–H groups in total. The van der Waals surface area contributed by atoms with Crippen LogP contribution in [0.1, 0.15) is 45.0 Å². The number of carbonyl (C=O) groups excluding carboxylic acids is 1. The molecule has 3 aromatic heterocycles. The average Bonchev–Trinajstić information content (AvgIpc) is 3.71. The first-order chi connectivity index (χ1) is 24.2. The Labute approximate surface area is 305 Å². The van der Waals surface area contributed by atoms with Crippen molar-refractivity contribution >= 4 is 40.7 Å². The molecule has 0 saturated carbocycles. The number of amides is 2. The lowest BCUT2D eigenvalue weighted by molar-refractivity contribution is -0.119. The van der Waals surface area contributed by atoms with Crippen LogP contribution in [-0.2, 0) is 24.9 Å². The fraction of sp³-hybridized carbons (Fsp3) is 0.324. The van der Waals surface area contributed by atoms with Crippen LogP contribution < -0.4 is 20.9 Å². The maximum atomic E-state index is 13.3. The van der Waals surface area contributed by atoms with Gasteiger partial charge in [0.25, 0.3) is 5.56 Å². The zero-order valence-corrected chi connectivity index (χ0v) is 30.5. The number of aromatic nitrogens is 4. The number of rotatable bonds is 10. The van der Waals surface area contributed by atoms with Crippen LogP contribution in [0.5, 0.6) is 5.88 Å². The van der Waals surface area contributed by atoms with E-state index in [2.05, 4.69) is 31.4 Å². The number of pyridine rings is 1. The SMILES string of the molecule is COc1nc(-c2cccc(-c3cccc(-c4cc5c(=O)n(C)c(CNC(C)(C)C)nn5c4)c3Cl)c2Cl)ccc1CN(C[C@@H]1CCC(=O)N1)C(=O)O. The van der Waals surface area contributed by atoms with Gasteiger partial charge < -0.3 is 25.4 Å². The largest absolute Gasteiger partial charge is 0.481 e. The fourth-order valence-corrected chi connectivity index (χ4v) is 6.80. The summed E-state index contributed by atoms with van der Waals surface area (Å²) in [5.74, 6) is 0.778. The lowest BCUT2D eigenvalue weighted by Crippen LogP contribution is -2.41. The molecule has 0 unspecified atom stereocenters.